The minimum absolute atomic E-state index is 0.120. The molecule has 0 saturated carbocycles. The highest BCUT2D eigenvalue weighted by atomic mass is 79.9. The number of rotatable bonds is 3. The van der Waals surface area contributed by atoms with Gasteiger partial charge in [-0.3, -0.25) is 0 Å². The molecule has 106 valence electrons. The van der Waals surface area contributed by atoms with Gasteiger partial charge in [0.05, 0.1) is 4.90 Å². The maximum absolute atomic E-state index is 12.7. The van der Waals surface area contributed by atoms with Gasteiger partial charge < -0.3 is 5.73 Å². The highest BCUT2D eigenvalue weighted by Crippen LogP contribution is 2.29. The quantitative estimate of drug-likeness (QED) is 0.855. The minimum Gasteiger partial charge on any atom is -0.398 e. The van der Waals surface area contributed by atoms with Crippen molar-refractivity contribution in [1.29, 1.82) is 0 Å². The lowest BCUT2D eigenvalue weighted by Crippen LogP contribution is -2.43. The van der Waals surface area contributed by atoms with Crippen molar-refractivity contribution in [1.82, 2.24) is 4.31 Å². The van der Waals surface area contributed by atoms with Crippen LogP contribution >= 0.6 is 15.9 Å². The van der Waals surface area contributed by atoms with Crippen molar-refractivity contribution in [3.63, 3.8) is 0 Å². The Kier molecular flexibility index (Phi) is 4.53. The van der Waals surface area contributed by atoms with Crippen LogP contribution in [0.15, 0.2) is 27.6 Å². The Morgan fingerprint density at radius 3 is 2.79 bits per heavy atom. The first-order valence-electron chi connectivity index (χ1n) is 6.53. The SMILES string of the molecule is CCC1CCCCN1S(=O)(=O)c1ccc(N)c(Br)c1. The van der Waals surface area contributed by atoms with E-state index in [1.807, 2.05) is 6.92 Å². The second-order valence-electron chi connectivity index (χ2n) is 4.86. The van der Waals surface area contributed by atoms with Gasteiger partial charge in [-0.05, 0) is 53.4 Å². The van der Waals surface area contributed by atoms with Crippen LogP contribution in [0.4, 0.5) is 5.69 Å². The predicted octanol–water partition coefficient (Wildman–Crippen LogP) is 2.98. The Labute approximate surface area is 123 Å². The number of hydrogen-bond donors (Lipinski definition) is 1. The molecule has 0 radical (unpaired) electrons. The number of benzene rings is 1. The summed E-state index contributed by atoms with van der Waals surface area (Å²) >= 11 is 3.29. The molecule has 1 fully saturated rings. The van der Waals surface area contributed by atoms with E-state index in [1.54, 1.807) is 22.5 Å². The van der Waals surface area contributed by atoms with E-state index in [1.165, 1.54) is 0 Å². The summed E-state index contributed by atoms with van der Waals surface area (Å²) in [6, 6.07) is 4.92. The monoisotopic (exact) mass is 346 g/mol. The van der Waals surface area contributed by atoms with Crippen molar-refractivity contribution in [2.75, 3.05) is 12.3 Å². The second-order valence-corrected chi connectivity index (χ2v) is 7.60. The molecule has 1 unspecified atom stereocenters. The fraction of sp³-hybridized carbons (Fsp3) is 0.538. The molecular formula is C13H19BrN2O2S. The maximum atomic E-state index is 12.7. The average Bonchev–Trinajstić information content (AvgIpc) is 2.41. The molecule has 2 rings (SSSR count). The van der Waals surface area contributed by atoms with E-state index in [0.29, 0.717) is 21.6 Å². The van der Waals surface area contributed by atoms with Crippen molar-refractivity contribution in [3.8, 4) is 0 Å². The lowest BCUT2D eigenvalue weighted by Gasteiger charge is -2.34. The summed E-state index contributed by atoms with van der Waals surface area (Å²) in [7, 11) is -3.41. The zero-order valence-electron chi connectivity index (χ0n) is 11.0. The van der Waals surface area contributed by atoms with E-state index in [9.17, 15) is 8.42 Å². The standard InChI is InChI=1S/C13H19BrN2O2S/c1-2-10-5-3-4-8-16(10)19(17,18)11-6-7-13(15)12(14)9-11/h6-7,9-10H,2-5,8,15H2,1H3. The van der Waals surface area contributed by atoms with Crippen LogP contribution in [0.3, 0.4) is 0 Å². The fourth-order valence-corrected chi connectivity index (χ4v) is 4.83. The molecule has 1 aliphatic rings. The Balaban J connectivity index is 2.37. The van der Waals surface area contributed by atoms with Crippen LogP contribution in [0, 0.1) is 0 Å². The topological polar surface area (TPSA) is 63.4 Å². The third-order valence-corrected chi connectivity index (χ3v) is 6.26. The summed E-state index contributed by atoms with van der Waals surface area (Å²) in [6.07, 6.45) is 3.85. The van der Waals surface area contributed by atoms with Gasteiger partial charge in [0.2, 0.25) is 10.0 Å². The van der Waals surface area contributed by atoms with Crippen LogP contribution in [0.1, 0.15) is 32.6 Å². The predicted molar refractivity (Wildman–Crippen MR) is 80.4 cm³/mol. The van der Waals surface area contributed by atoms with E-state index in [-0.39, 0.29) is 6.04 Å². The van der Waals surface area contributed by atoms with Crippen LogP contribution in [-0.2, 0) is 10.0 Å². The van der Waals surface area contributed by atoms with Gasteiger partial charge in [0.1, 0.15) is 0 Å². The molecule has 4 nitrogen and oxygen atoms in total. The minimum atomic E-state index is -3.41. The van der Waals surface area contributed by atoms with Crippen LogP contribution in [0.2, 0.25) is 0 Å². The van der Waals surface area contributed by atoms with Crippen molar-refractivity contribution < 1.29 is 8.42 Å². The lowest BCUT2D eigenvalue weighted by molar-refractivity contribution is 0.246. The molecule has 1 atom stereocenters. The summed E-state index contributed by atoms with van der Waals surface area (Å²) in [4.78, 5) is 0.314. The highest BCUT2D eigenvalue weighted by molar-refractivity contribution is 9.10. The summed E-state index contributed by atoms with van der Waals surface area (Å²) in [5.41, 5.74) is 6.25. The molecule has 0 bridgehead atoms. The number of sulfonamides is 1. The molecule has 1 heterocycles. The maximum Gasteiger partial charge on any atom is 0.243 e. The van der Waals surface area contributed by atoms with Crippen LogP contribution in [-0.4, -0.2) is 25.3 Å². The van der Waals surface area contributed by atoms with Gasteiger partial charge in [-0.1, -0.05) is 13.3 Å². The van der Waals surface area contributed by atoms with E-state index in [2.05, 4.69) is 15.9 Å². The van der Waals surface area contributed by atoms with Crippen LogP contribution in [0.5, 0.6) is 0 Å². The van der Waals surface area contributed by atoms with Crippen LogP contribution in [0.25, 0.3) is 0 Å². The summed E-state index contributed by atoms with van der Waals surface area (Å²) in [5, 5.41) is 0. The third-order valence-electron chi connectivity index (χ3n) is 3.62. The van der Waals surface area contributed by atoms with Gasteiger partial charge in [0, 0.05) is 22.7 Å². The van der Waals surface area contributed by atoms with E-state index < -0.39 is 10.0 Å². The molecule has 1 saturated heterocycles. The van der Waals surface area contributed by atoms with Crippen molar-refractivity contribution in [2.24, 2.45) is 0 Å². The number of nitrogens with two attached hydrogens (primary N) is 1. The number of anilines is 1. The van der Waals surface area contributed by atoms with Gasteiger partial charge in [-0.2, -0.15) is 4.31 Å². The summed E-state index contributed by atoms with van der Waals surface area (Å²) < 4.78 is 27.6. The van der Waals surface area contributed by atoms with Crippen molar-refractivity contribution in [3.05, 3.63) is 22.7 Å². The third kappa shape index (κ3) is 2.95. The zero-order valence-corrected chi connectivity index (χ0v) is 13.4. The van der Waals surface area contributed by atoms with E-state index in [4.69, 9.17) is 5.73 Å². The van der Waals surface area contributed by atoms with Gasteiger partial charge in [0.25, 0.3) is 0 Å². The number of nitrogen functional groups attached to an aromatic ring is 1. The number of halogens is 1. The Hall–Kier alpha value is -0.590. The van der Waals surface area contributed by atoms with E-state index >= 15 is 0 Å². The molecule has 2 N–H and O–H groups in total. The molecule has 0 aromatic heterocycles. The smallest absolute Gasteiger partial charge is 0.243 e. The van der Waals surface area contributed by atoms with Crippen molar-refractivity contribution >= 4 is 31.6 Å². The van der Waals surface area contributed by atoms with Gasteiger partial charge in [0.15, 0.2) is 0 Å². The molecule has 19 heavy (non-hydrogen) atoms. The Morgan fingerprint density at radius 2 is 2.16 bits per heavy atom. The zero-order chi connectivity index (χ0) is 14.0. The molecule has 1 aliphatic heterocycles. The molecular weight excluding hydrogens is 328 g/mol. The van der Waals surface area contributed by atoms with Gasteiger partial charge >= 0.3 is 0 Å². The molecule has 1 aromatic carbocycles. The first-order valence-corrected chi connectivity index (χ1v) is 8.77. The molecule has 6 heteroatoms. The summed E-state index contributed by atoms with van der Waals surface area (Å²) in [5.74, 6) is 0. The van der Waals surface area contributed by atoms with Crippen molar-refractivity contribution in [2.45, 2.75) is 43.5 Å². The van der Waals surface area contributed by atoms with Gasteiger partial charge in [-0.15, -0.1) is 0 Å². The average molecular weight is 347 g/mol. The number of hydrogen-bond acceptors (Lipinski definition) is 3. The van der Waals surface area contributed by atoms with Crippen LogP contribution < -0.4 is 5.73 Å². The molecule has 1 aromatic rings. The normalized spacial score (nSPS) is 21.5. The molecule has 0 amide bonds. The summed E-state index contributed by atoms with van der Waals surface area (Å²) in [6.45, 7) is 2.65. The number of piperidine rings is 1. The first-order chi connectivity index (χ1) is 8.96. The largest absolute Gasteiger partial charge is 0.398 e. The Morgan fingerprint density at radius 1 is 1.42 bits per heavy atom. The second kappa shape index (κ2) is 5.81. The highest BCUT2D eigenvalue weighted by Gasteiger charge is 2.32. The van der Waals surface area contributed by atoms with E-state index in [0.717, 1.165) is 25.7 Å². The lowest BCUT2D eigenvalue weighted by atomic mass is 10.0. The Bertz CT molecular complexity index is 560. The fourth-order valence-electron chi connectivity index (χ4n) is 2.50. The number of nitrogens with zero attached hydrogens (tertiary/aromatic N) is 1. The van der Waals surface area contributed by atoms with Gasteiger partial charge in [-0.25, -0.2) is 8.42 Å². The first kappa shape index (κ1) is 14.8. The molecule has 0 spiro atoms. The molecule has 0 aliphatic carbocycles.